The molecule has 0 spiro atoms. The zero-order chi connectivity index (χ0) is 5.98. The van der Waals surface area contributed by atoms with E-state index in [0.717, 1.165) is 6.42 Å². The van der Waals surface area contributed by atoms with E-state index in [-0.39, 0.29) is 0 Å². The lowest BCUT2D eigenvalue weighted by Gasteiger charge is -2.22. The van der Waals surface area contributed by atoms with Gasteiger partial charge in [0.2, 0.25) is 0 Å². The van der Waals surface area contributed by atoms with Crippen molar-refractivity contribution < 1.29 is 0 Å². The molecule has 0 amide bonds. The lowest BCUT2D eigenvalue weighted by Crippen LogP contribution is -2.35. The fraction of sp³-hybridized carbons (Fsp3) is 1.00. The molecule has 1 aliphatic rings. The Bertz CT molecular complexity index is 64.9. The molecule has 1 fully saturated rings. The van der Waals surface area contributed by atoms with Crippen LogP contribution in [0.1, 0.15) is 25.7 Å². The first kappa shape index (κ1) is 6.05. The summed E-state index contributed by atoms with van der Waals surface area (Å²) < 4.78 is 0. The first-order valence-corrected chi connectivity index (χ1v) is 3.30. The minimum atomic E-state index is 0.388. The highest BCUT2D eigenvalue weighted by atomic mass is 14.7. The van der Waals surface area contributed by atoms with Crippen LogP contribution in [0.25, 0.3) is 0 Å². The van der Waals surface area contributed by atoms with Crippen molar-refractivity contribution in [3.8, 4) is 0 Å². The van der Waals surface area contributed by atoms with E-state index in [2.05, 4.69) is 0 Å². The van der Waals surface area contributed by atoms with Gasteiger partial charge in [-0.2, -0.15) is 0 Å². The van der Waals surface area contributed by atoms with Crippen molar-refractivity contribution in [2.45, 2.75) is 37.8 Å². The highest BCUT2D eigenvalue weighted by molar-refractivity contribution is 4.76. The van der Waals surface area contributed by atoms with Gasteiger partial charge in [0, 0.05) is 12.1 Å². The van der Waals surface area contributed by atoms with Gasteiger partial charge < -0.3 is 11.5 Å². The molecule has 4 N–H and O–H groups in total. The fourth-order valence-corrected chi connectivity index (χ4v) is 1.27. The first-order chi connectivity index (χ1) is 3.79. The number of hydrogen-bond acceptors (Lipinski definition) is 2. The Morgan fingerprint density at radius 2 is 1.50 bits per heavy atom. The SMILES string of the molecule is N[C@H]1CCC[C@H](N)C1. The number of rotatable bonds is 0. The van der Waals surface area contributed by atoms with Gasteiger partial charge in [-0.15, -0.1) is 0 Å². The molecule has 0 aromatic heterocycles. The van der Waals surface area contributed by atoms with Gasteiger partial charge in [0.25, 0.3) is 0 Å². The molecule has 0 radical (unpaired) electrons. The largest absolute Gasteiger partial charge is 0.328 e. The van der Waals surface area contributed by atoms with E-state index in [1.54, 1.807) is 0 Å². The second-order valence-electron chi connectivity index (χ2n) is 2.69. The highest BCUT2D eigenvalue weighted by Crippen LogP contribution is 2.14. The van der Waals surface area contributed by atoms with Crippen molar-refractivity contribution in [2.75, 3.05) is 0 Å². The van der Waals surface area contributed by atoms with Crippen LogP contribution in [0.2, 0.25) is 0 Å². The zero-order valence-electron chi connectivity index (χ0n) is 5.14. The molecule has 1 rings (SSSR count). The summed E-state index contributed by atoms with van der Waals surface area (Å²) >= 11 is 0. The van der Waals surface area contributed by atoms with Gasteiger partial charge in [0.05, 0.1) is 0 Å². The summed E-state index contributed by atoms with van der Waals surface area (Å²) in [5.41, 5.74) is 11.3. The predicted molar refractivity (Wildman–Crippen MR) is 34.4 cm³/mol. The Labute approximate surface area is 50.2 Å². The minimum absolute atomic E-state index is 0.388. The van der Waals surface area contributed by atoms with Crippen molar-refractivity contribution in [2.24, 2.45) is 11.5 Å². The molecule has 2 nitrogen and oxygen atoms in total. The van der Waals surface area contributed by atoms with E-state index in [0.29, 0.717) is 12.1 Å². The summed E-state index contributed by atoms with van der Waals surface area (Å²) in [5, 5.41) is 0. The lowest BCUT2D eigenvalue weighted by molar-refractivity contribution is 0.392. The average molecular weight is 114 g/mol. The van der Waals surface area contributed by atoms with Gasteiger partial charge in [-0.3, -0.25) is 0 Å². The van der Waals surface area contributed by atoms with Gasteiger partial charge >= 0.3 is 0 Å². The van der Waals surface area contributed by atoms with Crippen molar-refractivity contribution in [3.05, 3.63) is 0 Å². The maximum atomic E-state index is 5.65. The van der Waals surface area contributed by atoms with Crippen LogP contribution in [0.15, 0.2) is 0 Å². The van der Waals surface area contributed by atoms with Crippen LogP contribution in [-0.2, 0) is 0 Å². The molecule has 8 heavy (non-hydrogen) atoms. The molecular formula is C6H14N2. The van der Waals surface area contributed by atoms with Crippen LogP contribution in [0.5, 0.6) is 0 Å². The predicted octanol–water partition coefficient (Wildman–Crippen LogP) is 0.215. The van der Waals surface area contributed by atoms with E-state index >= 15 is 0 Å². The van der Waals surface area contributed by atoms with Gasteiger partial charge in [-0.1, -0.05) is 6.42 Å². The molecule has 0 aliphatic heterocycles. The van der Waals surface area contributed by atoms with Crippen LogP contribution in [-0.4, -0.2) is 12.1 Å². The van der Waals surface area contributed by atoms with Crippen LogP contribution < -0.4 is 11.5 Å². The van der Waals surface area contributed by atoms with Gasteiger partial charge in [0.1, 0.15) is 0 Å². The quantitative estimate of drug-likeness (QED) is 0.473. The minimum Gasteiger partial charge on any atom is -0.328 e. The zero-order valence-corrected chi connectivity index (χ0v) is 5.14. The van der Waals surface area contributed by atoms with Crippen molar-refractivity contribution in [3.63, 3.8) is 0 Å². The summed E-state index contributed by atoms with van der Waals surface area (Å²) in [4.78, 5) is 0. The topological polar surface area (TPSA) is 52.0 Å². The highest BCUT2D eigenvalue weighted by Gasteiger charge is 2.14. The third-order valence-corrected chi connectivity index (χ3v) is 1.76. The van der Waals surface area contributed by atoms with Crippen molar-refractivity contribution in [1.29, 1.82) is 0 Å². The van der Waals surface area contributed by atoms with E-state index < -0.39 is 0 Å². The van der Waals surface area contributed by atoms with Crippen LogP contribution in [0.4, 0.5) is 0 Å². The van der Waals surface area contributed by atoms with Crippen molar-refractivity contribution in [1.82, 2.24) is 0 Å². The summed E-state index contributed by atoms with van der Waals surface area (Å²) in [6, 6.07) is 0.775. The maximum Gasteiger partial charge on any atom is 0.00535 e. The molecule has 48 valence electrons. The molecule has 1 saturated carbocycles. The normalized spacial score (nSPS) is 39.8. The monoisotopic (exact) mass is 114 g/mol. The fourth-order valence-electron chi connectivity index (χ4n) is 1.27. The van der Waals surface area contributed by atoms with Gasteiger partial charge in [0.15, 0.2) is 0 Å². The Morgan fingerprint density at radius 3 is 1.75 bits per heavy atom. The molecule has 0 aromatic carbocycles. The molecule has 0 heterocycles. The molecule has 1 aliphatic carbocycles. The Hall–Kier alpha value is -0.0800. The Kier molecular flexibility index (Phi) is 1.86. The third kappa shape index (κ3) is 1.46. The molecule has 2 heteroatoms. The van der Waals surface area contributed by atoms with Crippen LogP contribution in [0, 0.1) is 0 Å². The average Bonchev–Trinajstić information content (AvgIpc) is 1.64. The third-order valence-electron chi connectivity index (χ3n) is 1.76. The molecule has 0 saturated heterocycles. The molecule has 2 atom stereocenters. The number of nitrogens with two attached hydrogens (primary N) is 2. The Balaban J connectivity index is 2.23. The van der Waals surface area contributed by atoms with E-state index in [9.17, 15) is 0 Å². The second kappa shape index (κ2) is 2.46. The van der Waals surface area contributed by atoms with Crippen LogP contribution in [0.3, 0.4) is 0 Å². The van der Waals surface area contributed by atoms with E-state index in [4.69, 9.17) is 11.5 Å². The standard InChI is InChI=1S/C6H14N2/c7-5-2-1-3-6(8)4-5/h5-6H,1-4,7-8H2/t5-,6-/m0/s1. The first-order valence-electron chi connectivity index (χ1n) is 3.30. The smallest absolute Gasteiger partial charge is 0.00535 e. The summed E-state index contributed by atoms with van der Waals surface area (Å²) in [7, 11) is 0. The molecule has 0 unspecified atom stereocenters. The van der Waals surface area contributed by atoms with Gasteiger partial charge in [-0.05, 0) is 19.3 Å². The molecule has 0 bridgehead atoms. The Morgan fingerprint density at radius 1 is 1.00 bits per heavy atom. The van der Waals surface area contributed by atoms with E-state index in [1.807, 2.05) is 0 Å². The van der Waals surface area contributed by atoms with Crippen molar-refractivity contribution >= 4 is 0 Å². The van der Waals surface area contributed by atoms with Gasteiger partial charge in [-0.25, -0.2) is 0 Å². The number of hydrogen-bond donors (Lipinski definition) is 2. The summed E-state index contributed by atoms with van der Waals surface area (Å²) in [6.45, 7) is 0. The summed E-state index contributed by atoms with van der Waals surface area (Å²) in [6.07, 6.45) is 4.60. The second-order valence-corrected chi connectivity index (χ2v) is 2.69. The lowest BCUT2D eigenvalue weighted by atomic mass is 9.92. The maximum absolute atomic E-state index is 5.65. The molecular weight excluding hydrogens is 100 g/mol. The van der Waals surface area contributed by atoms with E-state index in [1.165, 1.54) is 19.3 Å². The van der Waals surface area contributed by atoms with Crippen LogP contribution >= 0.6 is 0 Å². The molecule has 0 aromatic rings. The summed E-state index contributed by atoms with van der Waals surface area (Å²) in [5.74, 6) is 0.